The first-order valence-electron chi connectivity index (χ1n) is 14.4. The van der Waals surface area contributed by atoms with Gasteiger partial charge >= 0.3 is 11.7 Å². The van der Waals surface area contributed by atoms with Crippen molar-refractivity contribution in [3.05, 3.63) is 32.6 Å². The highest BCUT2D eigenvalue weighted by molar-refractivity contribution is 6.74. The Morgan fingerprint density at radius 1 is 1.02 bits per heavy atom. The molecular formula is C28H52N2O8Si2. The number of aryl methyl sites for hydroxylation is 1. The SMILES string of the molecule is CCCC(C)(C)[Si](C)(C)OC[C@H]1O[C@@H](n2cc(C)c(=O)n(CC(=O)O)c2=O)[C@H](O[Si](C)(C)C(C)(C)CCC)[C@@H]1O. The standard InChI is InChI=1S/C28H52N2O8Si2/c1-12-14-27(4,5)39(8,9)36-18-20-22(33)23(38-40(10,11)28(6,7)15-13-2)25(37-20)30-16-19(3)24(34)29(26(30)35)17-21(31)32/h16,20,22-23,25,33H,12-15,17-18H2,1-11H3,(H,31,32)/t20-,22-,23-,25-/m1/s1. The van der Waals surface area contributed by atoms with Crippen molar-refractivity contribution in [2.24, 2.45) is 0 Å². The molecule has 0 radical (unpaired) electrons. The molecule has 1 fully saturated rings. The van der Waals surface area contributed by atoms with E-state index >= 15 is 0 Å². The van der Waals surface area contributed by atoms with Crippen molar-refractivity contribution < 1.29 is 28.6 Å². The second-order valence-electron chi connectivity index (χ2n) is 13.5. The van der Waals surface area contributed by atoms with Crippen LogP contribution < -0.4 is 11.2 Å². The molecule has 230 valence electrons. The number of carboxylic acid groups (broad SMARTS) is 1. The first-order chi connectivity index (χ1) is 18.2. The van der Waals surface area contributed by atoms with Gasteiger partial charge in [0.25, 0.3) is 5.56 Å². The summed E-state index contributed by atoms with van der Waals surface area (Å²) in [5.74, 6) is -1.31. The molecule has 1 aliphatic heterocycles. The highest BCUT2D eigenvalue weighted by Crippen LogP contribution is 2.46. The van der Waals surface area contributed by atoms with Gasteiger partial charge in [0.05, 0.1) is 6.61 Å². The molecule has 0 unspecified atom stereocenters. The summed E-state index contributed by atoms with van der Waals surface area (Å²) in [5, 5.41) is 20.8. The minimum Gasteiger partial charge on any atom is -0.480 e. The maximum absolute atomic E-state index is 13.4. The Balaban J connectivity index is 2.56. The molecule has 0 bridgehead atoms. The third-order valence-electron chi connectivity index (χ3n) is 9.30. The minimum absolute atomic E-state index is 0.0000709. The Bertz CT molecular complexity index is 1160. The van der Waals surface area contributed by atoms with Crippen molar-refractivity contribution in [3.8, 4) is 0 Å². The van der Waals surface area contributed by atoms with Crippen LogP contribution in [0.25, 0.3) is 0 Å². The second-order valence-corrected chi connectivity index (χ2v) is 22.8. The third-order valence-corrected chi connectivity index (χ3v) is 18.1. The van der Waals surface area contributed by atoms with Crippen molar-refractivity contribution in [1.29, 1.82) is 0 Å². The first-order valence-corrected chi connectivity index (χ1v) is 20.2. The Hall–Kier alpha value is -1.58. The topological polar surface area (TPSA) is 129 Å². The fourth-order valence-corrected chi connectivity index (χ4v) is 9.19. The predicted octanol–water partition coefficient (Wildman–Crippen LogP) is 4.63. The van der Waals surface area contributed by atoms with Crippen LogP contribution in [0.5, 0.6) is 0 Å². The molecule has 0 saturated carbocycles. The summed E-state index contributed by atoms with van der Waals surface area (Å²) in [6.07, 6.45) is 1.49. The van der Waals surface area contributed by atoms with E-state index in [1.807, 2.05) is 0 Å². The van der Waals surface area contributed by atoms with Crippen LogP contribution in [0.3, 0.4) is 0 Å². The average molecular weight is 601 g/mol. The summed E-state index contributed by atoms with van der Waals surface area (Å²) in [5.41, 5.74) is -1.31. The maximum atomic E-state index is 13.4. The molecule has 0 aliphatic carbocycles. The molecule has 1 aromatic heterocycles. The van der Waals surface area contributed by atoms with Crippen LogP contribution in [-0.4, -0.2) is 66.9 Å². The molecule has 40 heavy (non-hydrogen) atoms. The Labute approximate surface area is 240 Å². The molecular weight excluding hydrogens is 548 g/mol. The Morgan fingerprint density at radius 2 is 1.55 bits per heavy atom. The van der Waals surface area contributed by atoms with Crippen LogP contribution in [0.15, 0.2) is 15.8 Å². The number of rotatable bonds is 14. The zero-order valence-electron chi connectivity index (χ0n) is 26.4. The number of nitrogens with zero attached hydrogens (tertiary/aromatic N) is 2. The van der Waals surface area contributed by atoms with E-state index in [4.69, 9.17) is 13.6 Å². The molecule has 2 heterocycles. The fourth-order valence-electron chi connectivity index (χ4n) is 5.26. The van der Waals surface area contributed by atoms with Crippen molar-refractivity contribution in [2.75, 3.05) is 6.61 Å². The number of hydrogen-bond donors (Lipinski definition) is 2. The molecule has 2 rings (SSSR count). The normalized spacial score (nSPS) is 22.6. The Morgan fingerprint density at radius 3 is 2.05 bits per heavy atom. The monoisotopic (exact) mass is 600 g/mol. The van der Waals surface area contributed by atoms with E-state index in [-0.39, 0.29) is 22.2 Å². The zero-order chi connectivity index (χ0) is 30.8. The van der Waals surface area contributed by atoms with E-state index in [1.54, 1.807) is 0 Å². The summed E-state index contributed by atoms with van der Waals surface area (Å²) >= 11 is 0. The zero-order valence-corrected chi connectivity index (χ0v) is 28.4. The number of aliphatic hydroxyl groups is 1. The fraction of sp³-hybridized carbons (Fsp3) is 0.821. The molecule has 2 N–H and O–H groups in total. The van der Waals surface area contributed by atoms with Gasteiger partial charge in [-0.25, -0.2) is 9.36 Å². The summed E-state index contributed by atoms with van der Waals surface area (Å²) in [6, 6.07) is 0. The molecule has 0 spiro atoms. The van der Waals surface area contributed by atoms with Gasteiger partial charge in [0.2, 0.25) is 0 Å². The lowest BCUT2D eigenvalue weighted by molar-refractivity contribution is -0.137. The largest absolute Gasteiger partial charge is 0.480 e. The highest BCUT2D eigenvalue weighted by Gasteiger charge is 2.52. The summed E-state index contributed by atoms with van der Waals surface area (Å²) in [6.45, 7) is 22.4. The van der Waals surface area contributed by atoms with Crippen molar-refractivity contribution in [2.45, 2.75) is 141 Å². The van der Waals surface area contributed by atoms with Gasteiger partial charge in [0.15, 0.2) is 22.9 Å². The van der Waals surface area contributed by atoms with E-state index in [0.717, 1.165) is 25.7 Å². The lowest BCUT2D eigenvalue weighted by Gasteiger charge is -2.42. The van der Waals surface area contributed by atoms with E-state index in [1.165, 1.54) is 17.7 Å². The van der Waals surface area contributed by atoms with Crippen LogP contribution in [0, 0.1) is 6.92 Å². The van der Waals surface area contributed by atoms with Gasteiger partial charge < -0.3 is 23.8 Å². The number of carbonyl (C=O) groups is 1. The second kappa shape index (κ2) is 12.7. The summed E-state index contributed by atoms with van der Waals surface area (Å²) in [7, 11) is -4.71. The predicted molar refractivity (Wildman–Crippen MR) is 161 cm³/mol. The van der Waals surface area contributed by atoms with E-state index in [2.05, 4.69) is 67.7 Å². The average Bonchev–Trinajstić information content (AvgIpc) is 3.12. The van der Waals surface area contributed by atoms with Crippen molar-refractivity contribution in [3.63, 3.8) is 0 Å². The van der Waals surface area contributed by atoms with Crippen LogP contribution in [0.2, 0.25) is 36.3 Å². The highest BCUT2D eigenvalue weighted by atomic mass is 28.4. The molecule has 1 aliphatic rings. The van der Waals surface area contributed by atoms with Gasteiger partial charge in [-0.15, -0.1) is 0 Å². The van der Waals surface area contributed by atoms with E-state index < -0.39 is 64.9 Å². The number of hydrogen-bond acceptors (Lipinski definition) is 7. The van der Waals surface area contributed by atoms with Crippen LogP contribution >= 0.6 is 0 Å². The number of aliphatic hydroxyl groups excluding tert-OH is 1. The van der Waals surface area contributed by atoms with Gasteiger partial charge in [-0.1, -0.05) is 54.4 Å². The smallest absolute Gasteiger partial charge is 0.333 e. The molecule has 4 atom stereocenters. The minimum atomic E-state index is -2.50. The number of aliphatic carboxylic acids is 1. The number of ether oxygens (including phenoxy) is 1. The van der Waals surface area contributed by atoms with Crippen LogP contribution in [0.4, 0.5) is 0 Å². The number of carboxylic acids is 1. The lowest BCUT2D eigenvalue weighted by atomic mass is 10.1. The first kappa shape index (κ1) is 34.6. The van der Waals surface area contributed by atoms with Gasteiger partial charge in [-0.2, -0.15) is 0 Å². The third kappa shape index (κ3) is 7.25. The maximum Gasteiger partial charge on any atom is 0.333 e. The van der Waals surface area contributed by atoms with E-state index in [9.17, 15) is 24.6 Å². The summed E-state index contributed by atoms with van der Waals surface area (Å²) < 4.78 is 21.5. The molecule has 12 heteroatoms. The van der Waals surface area contributed by atoms with Crippen molar-refractivity contribution >= 4 is 22.6 Å². The molecule has 10 nitrogen and oxygen atoms in total. The Kier molecular flexibility index (Phi) is 11.0. The van der Waals surface area contributed by atoms with Gasteiger partial charge in [0.1, 0.15) is 24.9 Å². The quantitative estimate of drug-likeness (QED) is 0.296. The van der Waals surface area contributed by atoms with E-state index in [0.29, 0.717) is 4.57 Å². The lowest BCUT2D eigenvalue weighted by Crippen LogP contribution is -2.51. The van der Waals surface area contributed by atoms with Gasteiger partial charge in [0, 0.05) is 11.8 Å². The van der Waals surface area contributed by atoms with Crippen LogP contribution in [-0.2, 0) is 24.9 Å². The molecule has 1 aromatic rings. The van der Waals surface area contributed by atoms with Gasteiger partial charge in [-0.3, -0.25) is 14.2 Å². The number of aromatic nitrogens is 2. The summed E-state index contributed by atoms with van der Waals surface area (Å²) in [4.78, 5) is 37.5. The molecule has 0 amide bonds. The molecule has 0 aromatic carbocycles. The molecule has 1 saturated heterocycles. The van der Waals surface area contributed by atoms with Crippen molar-refractivity contribution in [1.82, 2.24) is 9.13 Å². The van der Waals surface area contributed by atoms with Crippen LogP contribution in [0.1, 0.15) is 79.0 Å². The van der Waals surface area contributed by atoms with Gasteiger partial charge in [-0.05, 0) is 56.0 Å².